The number of carboxylic acids is 1. The lowest BCUT2D eigenvalue weighted by atomic mass is 10.1. The Morgan fingerprint density at radius 3 is 2.93 bits per heavy atom. The molecule has 15 heavy (non-hydrogen) atoms. The smallest absolute Gasteiger partial charge is 0.309 e. The minimum Gasteiger partial charge on any atom is -0.481 e. The van der Waals surface area contributed by atoms with Crippen molar-refractivity contribution in [1.29, 1.82) is 0 Å². The van der Waals surface area contributed by atoms with E-state index in [1.165, 1.54) is 0 Å². The summed E-state index contributed by atoms with van der Waals surface area (Å²) in [6, 6.07) is 5.80. The van der Waals surface area contributed by atoms with Crippen LogP contribution >= 0.6 is 0 Å². The van der Waals surface area contributed by atoms with Crippen molar-refractivity contribution in [3.05, 3.63) is 29.5 Å². The van der Waals surface area contributed by atoms with Gasteiger partial charge in [-0.05, 0) is 12.5 Å². The van der Waals surface area contributed by atoms with E-state index in [1.807, 2.05) is 25.1 Å². The number of carbonyl (C=O) groups is 1. The van der Waals surface area contributed by atoms with Gasteiger partial charge < -0.3 is 5.11 Å². The summed E-state index contributed by atoms with van der Waals surface area (Å²) in [6.07, 6.45) is 0.0104. The predicted molar refractivity (Wildman–Crippen MR) is 56.8 cm³/mol. The third kappa shape index (κ3) is 1.58. The Morgan fingerprint density at radius 1 is 1.53 bits per heavy atom. The lowest BCUT2D eigenvalue weighted by Crippen LogP contribution is -2.06. The van der Waals surface area contributed by atoms with Gasteiger partial charge >= 0.3 is 5.97 Å². The molecule has 4 nitrogen and oxygen atoms in total. The van der Waals surface area contributed by atoms with Crippen LogP contribution in [0.3, 0.4) is 0 Å². The number of aryl methyl sites for hydroxylation is 2. The van der Waals surface area contributed by atoms with Crippen LogP contribution in [0.15, 0.2) is 18.2 Å². The molecule has 0 saturated carbocycles. The number of aromatic nitrogens is 2. The van der Waals surface area contributed by atoms with Gasteiger partial charge in [-0.1, -0.05) is 18.2 Å². The van der Waals surface area contributed by atoms with Gasteiger partial charge in [-0.2, -0.15) is 5.10 Å². The molecule has 78 valence electrons. The molecule has 0 bridgehead atoms. The summed E-state index contributed by atoms with van der Waals surface area (Å²) in [5.74, 6) is -0.832. The van der Waals surface area contributed by atoms with Crippen molar-refractivity contribution in [2.24, 2.45) is 7.05 Å². The number of benzene rings is 1. The summed E-state index contributed by atoms with van der Waals surface area (Å²) >= 11 is 0. The molecule has 1 N–H and O–H groups in total. The maximum Gasteiger partial charge on any atom is 0.309 e. The van der Waals surface area contributed by atoms with Crippen molar-refractivity contribution in [3.8, 4) is 0 Å². The van der Waals surface area contributed by atoms with E-state index in [4.69, 9.17) is 5.11 Å². The largest absolute Gasteiger partial charge is 0.481 e. The molecule has 0 unspecified atom stereocenters. The fourth-order valence-electron chi connectivity index (χ4n) is 1.76. The van der Waals surface area contributed by atoms with Crippen LogP contribution in [0.2, 0.25) is 0 Å². The van der Waals surface area contributed by atoms with E-state index >= 15 is 0 Å². The first-order chi connectivity index (χ1) is 7.09. The monoisotopic (exact) mass is 204 g/mol. The van der Waals surface area contributed by atoms with Crippen LogP contribution in [0.25, 0.3) is 10.9 Å². The maximum atomic E-state index is 10.7. The minimum absolute atomic E-state index is 0.0104. The van der Waals surface area contributed by atoms with Crippen LogP contribution in [-0.2, 0) is 18.3 Å². The Labute approximate surface area is 87.1 Å². The Morgan fingerprint density at radius 2 is 2.27 bits per heavy atom. The molecule has 2 aromatic rings. The molecular formula is C11H12N2O2. The number of nitrogens with zero attached hydrogens (tertiary/aromatic N) is 2. The topological polar surface area (TPSA) is 55.1 Å². The first-order valence-corrected chi connectivity index (χ1v) is 4.72. The Kier molecular flexibility index (Phi) is 2.19. The van der Waals surface area contributed by atoms with Crippen LogP contribution in [0.5, 0.6) is 0 Å². The summed E-state index contributed by atoms with van der Waals surface area (Å²) in [5.41, 5.74) is 2.71. The summed E-state index contributed by atoms with van der Waals surface area (Å²) in [7, 11) is 1.78. The SMILES string of the molecule is Cc1cccc2c(CC(=O)O)n(C)nc12. The maximum absolute atomic E-state index is 10.7. The molecular weight excluding hydrogens is 192 g/mol. The van der Waals surface area contributed by atoms with Crippen molar-refractivity contribution in [2.75, 3.05) is 0 Å². The first-order valence-electron chi connectivity index (χ1n) is 4.72. The highest BCUT2D eigenvalue weighted by Gasteiger charge is 2.12. The van der Waals surface area contributed by atoms with E-state index in [1.54, 1.807) is 11.7 Å². The van der Waals surface area contributed by atoms with Crippen molar-refractivity contribution >= 4 is 16.9 Å². The van der Waals surface area contributed by atoms with Crippen LogP contribution in [-0.4, -0.2) is 20.9 Å². The summed E-state index contributed by atoms with van der Waals surface area (Å²) in [5, 5.41) is 14.0. The second-order valence-electron chi connectivity index (χ2n) is 3.61. The summed E-state index contributed by atoms with van der Waals surface area (Å²) in [6.45, 7) is 1.97. The van der Waals surface area contributed by atoms with E-state index < -0.39 is 5.97 Å². The standard InChI is InChI=1S/C11H12N2O2/c1-7-4-3-5-8-9(6-10(14)15)13(2)12-11(7)8/h3-5H,6H2,1-2H3,(H,14,15). The van der Waals surface area contributed by atoms with Crippen molar-refractivity contribution in [1.82, 2.24) is 9.78 Å². The Balaban J connectivity index is 2.68. The zero-order valence-electron chi connectivity index (χ0n) is 8.69. The van der Waals surface area contributed by atoms with Crippen LogP contribution in [0.1, 0.15) is 11.3 Å². The first kappa shape index (κ1) is 9.71. The van der Waals surface area contributed by atoms with E-state index in [2.05, 4.69) is 5.10 Å². The van der Waals surface area contributed by atoms with Crippen molar-refractivity contribution in [3.63, 3.8) is 0 Å². The lowest BCUT2D eigenvalue weighted by molar-refractivity contribution is -0.136. The number of fused-ring (bicyclic) bond motifs is 1. The van der Waals surface area contributed by atoms with Gasteiger partial charge in [0.05, 0.1) is 17.6 Å². The van der Waals surface area contributed by atoms with Crippen LogP contribution in [0, 0.1) is 6.92 Å². The van der Waals surface area contributed by atoms with Crippen LogP contribution in [0.4, 0.5) is 0 Å². The molecule has 0 atom stereocenters. The Hall–Kier alpha value is -1.84. The van der Waals surface area contributed by atoms with E-state index in [-0.39, 0.29) is 6.42 Å². The molecule has 1 aromatic carbocycles. The molecule has 4 heteroatoms. The Bertz CT molecular complexity index is 529. The molecule has 0 fully saturated rings. The molecule has 0 spiro atoms. The molecule has 2 rings (SSSR count). The van der Waals surface area contributed by atoms with E-state index in [0.717, 1.165) is 22.2 Å². The van der Waals surface area contributed by atoms with E-state index in [9.17, 15) is 4.79 Å². The van der Waals surface area contributed by atoms with E-state index in [0.29, 0.717) is 0 Å². The molecule has 1 heterocycles. The zero-order chi connectivity index (χ0) is 11.0. The predicted octanol–water partition coefficient (Wildman–Crippen LogP) is 1.51. The zero-order valence-corrected chi connectivity index (χ0v) is 8.69. The van der Waals surface area contributed by atoms with Crippen molar-refractivity contribution in [2.45, 2.75) is 13.3 Å². The van der Waals surface area contributed by atoms with Gasteiger partial charge in [-0.25, -0.2) is 0 Å². The van der Waals surface area contributed by atoms with Gasteiger partial charge in [0.2, 0.25) is 0 Å². The fraction of sp³-hybridized carbons (Fsp3) is 0.273. The van der Waals surface area contributed by atoms with Gasteiger partial charge in [0.25, 0.3) is 0 Å². The highest BCUT2D eigenvalue weighted by Crippen LogP contribution is 2.21. The van der Waals surface area contributed by atoms with Gasteiger partial charge in [-0.15, -0.1) is 0 Å². The molecule has 0 radical (unpaired) electrons. The number of rotatable bonds is 2. The summed E-state index contributed by atoms with van der Waals surface area (Å²) in [4.78, 5) is 10.7. The molecule has 0 aliphatic carbocycles. The third-order valence-electron chi connectivity index (χ3n) is 2.51. The van der Waals surface area contributed by atoms with Gasteiger partial charge in [0.1, 0.15) is 0 Å². The third-order valence-corrected chi connectivity index (χ3v) is 2.51. The van der Waals surface area contributed by atoms with Gasteiger partial charge in [0, 0.05) is 12.4 Å². The molecule has 0 aliphatic heterocycles. The number of aliphatic carboxylic acids is 1. The molecule has 1 aromatic heterocycles. The second-order valence-corrected chi connectivity index (χ2v) is 3.61. The average Bonchev–Trinajstić information content (AvgIpc) is 2.45. The summed E-state index contributed by atoms with van der Waals surface area (Å²) < 4.78 is 1.64. The normalized spacial score (nSPS) is 10.8. The second kappa shape index (κ2) is 3.38. The molecule has 0 saturated heterocycles. The molecule has 0 amide bonds. The highest BCUT2D eigenvalue weighted by atomic mass is 16.4. The fourth-order valence-corrected chi connectivity index (χ4v) is 1.76. The van der Waals surface area contributed by atoms with Gasteiger partial charge in [0.15, 0.2) is 0 Å². The number of hydrogen-bond acceptors (Lipinski definition) is 2. The number of hydrogen-bond donors (Lipinski definition) is 1. The van der Waals surface area contributed by atoms with Crippen molar-refractivity contribution < 1.29 is 9.90 Å². The highest BCUT2D eigenvalue weighted by molar-refractivity contribution is 5.87. The molecule has 0 aliphatic rings. The van der Waals surface area contributed by atoms with Crippen LogP contribution < -0.4 is 0 Å². The van der Waals surface area contributed by atoms with Gasteiger partial charge in [-0.3, -0.25) is 9.48 Å². The number of carboxylic acid groups (broad SMARTS) is 1. The quantitative estimate of drug-likeness (QED) is 0.806. The lowest BCUT2D eigenvalue weighted by Gasteiger charge is -1.97. The average molecular weight is 204 g/mol. The minimum atomic E-state index is -0.832.